The monoisotopic (exact) mass is 259 g/mol. The summed E-state index contributed by atoms with van der Waals surface area (Å²) in [6.45, 7) is 2.29. The van der Waals surface area contributed by atoms with E-state index in [9.17, 15) is 9.59 Å². The number of hydrogen-bond acceptors (Lipinski definition) is 3. The molecule has 1 rings (SSSR count). The van der Waals surface area contributed by atoms with Crippen LogP contribution in [0.3, 0.4) is 0 Å². The summed E-state index contributed by atoms with van der Waals surface area (Å²) in [6.07, 6.45) is 5.11. The second-order valence-corrected chi connectivity index (χ2v) is 3.92. The van der Waals surface area contributed by atoms with Crippen molar-refractivity contribution in [3.63, 3.8) is 0 Å². The average Bonchev–Trinajstić information content (AvgIpc) is 2.40. The van der Waals surface area contributed by atoms with Crippen molar-refractivity contribution in [1.82, 2.24) is 4.90 Å². The molecular weight excluding hydrogens is 242 g/mol. The van der Waals surface area contributed by atoms with Gasteiger partial charge in [0, 0.05) is 6.54 Å². The Balaban J connectivity index is 2.72. The van der Waals surface area contributed by atoms with Gasteiger partial charge in [-0.3, -0.25) is 9.59 Å². The Hall–Kier alpha value is -2.28. The Labute approximate surface area is 113 Å². The van der Waals surface area contributed by atoms with Gasteiger partial charge in [0.25, 0.3) is 0 Å². The van der Waals surface area contributed by atoms with Gasteiger partial charge in [0.15, 0.2) is 0 Å². The fourth-order valence-electron chi connectivity index (χ4n) is 1.60. The van der Waals surface area contributed by atoms with Gasteiger partial charge >= 0.3 is 5.97 Å². The van der Waals surface area contributed by atoms with E-state index in [0.717, 1.165) is 5.56 Å². The molecule has 0 aliphatic heterocycles. The standard InChI is InChI=1S/C15H17NO3/c1-3-8-14(17)16(12-15(18)19-4-2)11-13-9-6-5-7-10-13/h1,5-7,9-10H,4,8,11-12H2,2H3. The lowest BCUT2D eigenvalue weighted by molar-refractivity contribution is -0.149. The molecule has 0 saturated carbocycles. The minimum absolute atomic E-state index is 0.0216. The smallest absolute Gasteiger partial charge is 0.325 e. The molecule has 1 aromatic rings. The minimum Gasteiger partial charge on any atom is -0.465 e. The highest BCUT2D eigenvalue weighted by Gasteiger charge is 2.17. The number of carbonyl (C=O) groups is 2. The van der Waals surface area contributed by atoms with Crippen LogP contribution in [0.5, 0.6) is 0 Å². The molecule has 0 aliphatic carbocycles. The summed E-state index contributed by atoms with van der Waals surface area (Å²) in [6, 6.07) is 9.43. The van der Waals surface area contributed by atoms with Crippen molar-refractivity contribution in [2.45, 2.75) is 19.9 Å². The maximum atomic E-state index is 11.9. The summed E-state index contributed by atoms with van der Waals surface area (Å²) in [5.74, 6) is 1.62. The first-order valence-electron chi connectivity index (χ1n) is 6.08. The van der Waals surface area contributed by atoms with Crippen molar-refractivity contribution in [2.75, 3.05) is 13.2 Å². The summed E-state index contributed by atoms with van der Waals surface area (Å²) in [5.41, 5.74) is 0.942. The zero-order valence-corrected chi connectivity index (χ0v) is 11.0. The summed E-state index contributed by atoms with van der Waals surface area (Å²) in [7, 11) is 0. The van der Waals surface area contributed by atoms with Crippen LogP contribution in [-0.2, 0) is 20.9 Å². The second kappa shape index (κ2) is 7.93. The topological polar surface area (TPSA) is 46.6 Å². The maximum Gasteiger partial charge on any atom is 0.325 e. The molecule has 100 valence electrons. The molecule has 0 heterocycles. The van der Waals surface area contributed by atoms with Gasteiger partial charge < -0.3 is 9.64 Å². The van der Waals surface area contributed by atoms with Crippen molar-refractivity contribution in [2.24, 2.45) is 0 Å². The minimum atomic E-state index is -0.427. The fraction of sp³-hybridized carbons (Fsp3) is 0.333. The van der Waals surface area contributed by atoms with E-state index in [1.165, 1.54) is 4.90 Å². The van der Waals surface area contributed by atoms with Gasteiger partial charge in [0.1, 0.15) is 6.54 Å². The molecule has 1 amide bonds. The molecule has 0 aliphatic rings. The summed E-state index contributed by atoms with van der Waals surface area (Å²) in [4.78, 5) is 24.8. The van der Waals surface area contributed by atoms with Crippen LogP contribution in [-0.4, -0.2) is 29.9 Å². The van der Waals surface area contributed by atoms with E-state index < -0.39 is 5.97 Å². The zero-order valence-electron chi connectivity index (χ0n) is 11.0. The molecular formula is C15H17NO3. The van der Waals surface area contributed by atoms with E-state index in [1.54, 1.807) is 6.92 Å². The lowest BCUT2D eigenvalue weighted by Gasteiger charge is -2.21. The van der Waals surface area contributed by atoms with Crippen LogP contribution in [0.1, 0.15) is 18.9 Å². The van der Waals surface area contributed by atoms with Crippen LogP contribution < -0.4 is 0 Å². The van der Waals surface area contributed by atoms with Crippen molar-refractivity contribution < 1.29 is 14.3 Å². The van der Waals surface area contributed by atoms with Gasteiger partial charge in [0.05, 0.1) is 13.0 Å². The number of esters is 1. The molecule has 0 radical (unpaired) electrons. The molecule has 4 nitrogen and oxygen atoms in total. The third-order valence-corrected chi connectivity index (χ3v) is 2.45. The van der Waals surface area contributed by atoms with Crippen LogP contribution >= 0.6 is 0 Å². The van der Waals surface area contributed by atoms with E-state index in [1.807, 2.05) is 30.3 Å². The van der Waals surface area contributed by atoms with Crippen molar-refractivity contribution in [1.29, 1.82) is 0 Å². The molecule has 0 unspecified atom stereocenters. The highest BCUT2D eigenvalue weighted by atomic mass is 16.5. The SMILES string of the molecule is C#CCC(=O)N(CC(=O)OCC)Cc1ccccc1. The Morgan fingerprint density at radius 1 is 1.32 bits per heavy atom. The van der Waals surface area contributed by atoms with Crippen molar-refractivity contribution >= 4 is 11.9 Å². The molecule has 0 spiro atoms. The lowest BCUT2D eigenvalue weighted by Crippen LogP contribution is -2.35. The predicted molar refractivity (Wildman–Crippen MR) is 71.9 cm³/mol. The Bertz CT molecular complexity index is 462. The average molecular weight is 259 g/mol. The van der Waals surface area contributed by atoms with Gasteiger partial charge in [-0.2, -0.15) is 0 Å². The van der Waals surface area contributed by atoms with Gasteiger partial charge in [-0.15, -0.1) is 6.42 Å². The first-order valence-corrected chi connectivity index (χ1v) is 6.08. The molecule has 4 heteroatoms. The maximum absolute atomic E-state index is 11.9. The van der Waals surface area contributed by atoms with Crippen LogP contribution in [0.4, 0.5) is 0 Å². The molecule has 0 bridgehead atoms. The van der Waals surface area contributed by atoms with Gasteiger partial charge in [0.2, 0.25) is 5.91 Å². The van der Waals surface area contributed by atoms with E-state index in [-0.39, 0.29) is 18.9 Å². The molecule has 1 aromatic carbocycles. The second-order valence-electron chi connectivity index (χ2n) is 3.92. The third kappa shape index (κ3) is 5.26. The largest absolute Gasteiger partial charge is 0.465 e. The van der Waals surface area contributed by atoms with E-state index >= 15 is 0 Å². The number of rotatable bonds is 6. The lowest BCUT2D eigenvalue weighted by atomic mass is 10.2. The normalized spacial score (nSPS) is 9.47. The Morgan fingerprint density at radius 2 is 2.00 bits per heavy atom. The number of ether oxygens (including phenoxy) is 1. The van der Waals surface area contributed by atoms with Crippen LogP contribution in [0, 0.1) is 12.3 Å². The Kier molecular flexibility index (Phi) is 6.17. The molecule has 0 fully saturated rings. The first kappa shape index (κ1) is 14.8. The zero-order chi connectivity index (χ0) is 14.1. The quantitative estimate of drug-likeness (QED) is 0.576. The van der Waals surface area contributed by atoms with Gasteiger partial charge in [-0.05, 0) is 12.5 Å². The highest BCUT2D eigenvalue weighted by molar-refractivity contribution is 5.83. The number of amides is 1. The number of terminal acetylenes is 1. The molecule has 0 N–H and O–H groups in total. The third-order valence-electron chi connectivity index (χ3n) is 2.45. The van der Waals surface area contributed by atoms with Gasteiger partial charge in [-0.25, -0.2) is 0 Å². The predicted octanol–water partition coefficient (Wildman–Crippen LogP) is 1.60. The number of hydrogen-bond donors (Lipinski definition) is 0. The van der Waals surface area contributed by atoms with Crippen molar-refractivity contribution in [3.05, 3.63) is 35.9 Å². The number of benzene rings is 1. The highest BCUT2D eigenvalue weighted by Crippen LogP contribution is 2.06. The molecule has 0 aromatic heterocycles. The van der Waals surface area contributed by atoms with Crippen molar-refractivity contribution in [3.8, 4) is 12.3 Å². The van der Waals surface area contributed by atoms with Gasteiger partial charge in [-0.1, -0.05) is 36.3 Å². The fourth-order valence-corrected chi connectivity index (χ4v) is 1.60. The Morgan fingerprint density at radius 3 is 2.58 bits per heavy atom. The number of carbonyl (C=O) groups excluding carboxylic acids is 2. The van der Waals surface area contributed by atoms with E-state index in [2.05, 4.69) is 5.92 Å². The first-order chi connectivity index (χ1) is 9.17. The van der Waals surface area contributed by atoms with E-state index in [0.29, 0.717) is 13.2 Å². The summed E-state index contributed by atoms with van der Waals surface area (Å²) < 4.78 is 4.85. The number of nitrogens with zero attached hydrogens (tertiary/aromatic N) is 1. The van der Waals surface area contributed by atoms with Crippen LogP contribution in [0.15, 0.2) is 30.3 Å². The summed E-state index contributed by atoms with van der Waals surface area (Å²) >= 11 is 0. The van der Waals surface area contributed by atoms with Crippen LogP contribution in [0.2, 0.25) is 0 Å². The molecule has 19 heavy (non-hydrogen) atoms. The molecule has 0 atom stereocenters. The summed E-state index contributed by atoms with van der Waals surface area (Å²) in [5, 5.41) is 0. The van der Waals surface area contributed by atoms with E-state index in [4.69, 9.17) is 11.2 Å². The molecule has 0 saturated heterocycles. The van der Waals surface area contributed by atoms with Crippen LogP contribution in [0.25, 0.3) is 0 Å².